The van der Waals surface area contributed by atoms with Gasteiger partial charge in [0.05, 0.1) is 24.3 Å². The van der Waals surface area contributed by atoms with Crippen LogP contribution >= 0.6 is 0 Å². The normalized spacial score (nSPS) is 34.8. The van der Waals surface area contributed by atoms with Crippen molar-refractivity contribution in [1.29, 1.82) is 0 Å². The van der Waals surface area contributed by atoms with Crippen LogP contribution in [-0.4, -0.2) is 48.3 Å². The van der Waals surface area contributed by atoms with Gasteiger partial charge in [-0.15, -0.1) is 0 Å². The molecule has 5 heteroatoms. The summed E-state index contributed by atoms with van der Waals surface area (Å²) >= 11 is 0. The molecule has 0 radical (unpaired) electrons. The molecule has 3 fully saturated rings. The number of fused-ring (bicyclic) bond motifs is 7. The molecule has 1 amide bonds. The quantitative estimate of drug-likeness (QED) is 0.796. The lowest BCUT2D eigenvalue weighted by atomic mass is 10.0. The van der Waals surface area contributed by atoms with E-state index in [-0.39, 0.29) is 30.2 Å². The monoisotopic (exact) mass is 301 g/mol. The Balaban J connectivity index is 1.47. The zero-order valence-corrected chi connectivity index (χ0v) is 12.4. The molecule has 22 heavy (non-hydrogen) atoms. The van der Waals surface area contributed by atoms with Gasteiger partial charge in [-0.3, -0.25) is 4.79 Å². The van der Waals surface area contributed by atoms with E-state index in [2.05, 4.69) is 4.90 Å². The summed E-state index contributed by atoms with van der Waals surface area (Å²) in [5.41, 5.74) is 0.697. The summed E-state index contributed by atoms with van der Waals surface area (Å²) in [7, 11) is 0. The molecule has 4 bridgehead atoms. The van der Waals surface area contributed by atoms with Gasteiger partial charge >= 0.3 is 0 Å². The number of carbonyl (C=O) groups is 1. The van der Waals surface area contributed by atoms with E-state index < -0.39 is 0 Å². The third-order valence-corrected chi connectivity index (χ3v) is 5.44. The fourth-order valence-corrected chi connectivity index (χ4v) is 4.48. The molecule has 116 valence electrons. The van der Waals surface area contributed by atoms with Crippen molar-refractivity contribution in [2.75, 3.05) is 13.2 Å². The highest BCUT2D eigenvalue weighted by atomic mass is 16.6. The van der Waals surface area contributed by atoms with Gasteiger partial charge in [0.15, 0.2) is 11.5 Å². The third-order valence-electron chi connectivity index (χ3n) is 5.44. The highest BCUT2D eigenvalue weighted by Crippen LogP contribution is 2.44. The topological polar surface area (TPSA) is 48.0 Å². The summed E-state index contributed by atoms with van der Waals surface area (Å²) in [6, 6.07) is 6.04. The van der Waals surface area contributed by atoms with Crippen molar-refractivity contribution in [1.82, 2.24) is 4.90 Å². The van der Waals surface area contributed by atoms with Crippen LogP contribution in [-0.2, 0) is 4.74 Å². The first-order valence-electron chi connectivity index (χ1n) is 8.19. The van der Waals surface area contributed by atoms with E-state index in [1.54, 1.807) is 0 Å². The first-order chi connectivity index (χ1) is 10.8. The number of carbonyl (C=O) groups excluding carboxylic acids is 1. The smallest absolute Gasteiger partial charge is 0.254 e. The molecule has 5 rings (SSSR count). The molecular weight excluding hydrogens is 282 g/mol. The van der Waals surface area contributed by atoms with E-state index in [1.807, 2.05) is 18.2 Å². The Hall–Kier alpha value is -1.75. The molecule has 0 aliphatic carbocycles. The predicted octanol–water partition coefficient (Wildman–Crippen LogP) is 1.99. The van der Waals surface area contributed by atoms with Gasteiger partial charge in [-0.2, -0.15) is 0 Å². The predicted molar refractivity (Wildman–Crippen MR) is 78.3 cm³/mol. The second kappa shape index (κ2) is 4.62. The van der Waals surface area contributed by atoms with Gasteiger partial charge in [0.25, 0.3) is 5.91 Å². The van der Waals surface area contributed by atoms with E-state index in [0.717, 1.165) is 31.4 Å². The van der Waals surface area contributed by atoms with Gasteiger partial charge < -0.3 is 19.1 Å². The van der Waals surface area contributed by atoms with Crippen LogP contribution < -0.4 is 9.47 Å². The molecular formula is C17H19NO4. The fourth-order valence-electron chi connectivity index (χ4n) is 4.48. The second-order valence-electron chi connectivity index (χ2n) is 6.57. The second-order valence-corrected chi connectivity index (χ2v) is 6.57. The molecule has 5 nitrogen and oxygen atoms in total. The largest absolute Gasteiger partial charge is 0.486 e. The van der Waals surface area contributed by atoms with E-state index in [0.29, 0.717) is 24.5 Å². The number of benzene rings is 1. The van der Waals surface area contributed by atoms with Crippen LogP contribution in [0.25, 0.3) is 0 Å². The summed E-state index contributed by atoms with van der Waals surface area (Å²) in [4.78, 5) is 15.1. The van der Waals surface area contributed by atoms with Crippen LogP contribution in [0.1, 0.15) is 36.0 Å². The summed E-state index contributed by atoms with van der Waals surface area (Å²) in [5, 5.41) is 0. The molecule has 4 unspecified atom stereocenters. The Kier molecular flexibility index (Phi) is 2.68. The Morgan fingerprint density at radius 1 is 0.955 bits per heavy atom. The Morgan fingerprint density at radius 3 is 2.36 bits per heavy atom. The highest BCUT2D eigenvalue weighted by Gasteiger charge is 2.53. The standard InChI is InChI=1S/C17H19NO4/c19-17(10-1-4-15-16(9-10)21-8-7-20-15)18-11-2-3-12(18)14-6-5-13(11)22-14/h1,4,9,11-14H,2-3,5-8H2. The molecule has 1 aromatic rings. The molecule has 4 atom stereocenters. The first-order valence-corrected chi connectivity index (χ1v) is 8.19. The average Bonchev–Trinajstić information content (AvgIpc) is 3.12. The minimum absolute atomic E-state index is 0.115. The molecule has 0 N–H and O–H groups in total. The number of hydrogen-bond acceptors (Lipinski definition) is 4. The maximum Gasteiger partial charge on any atom is 0.254 e. The van der Waals surface area contributed by atoms with E-state index in [4.69, 9.17) is 14.2 Å². The van der Waals surface area contributed by atoms with Crippen LogP contribution in [0.5, 0.6) is 11.5 Å². The van der Waals surface area contributed by atoms with Gasteiger partial charge in [-0.25, -0.2) is 0 Å². The van der Waals surface area contributed by atoms with Gasteiger partial charge in [0.2, 0.25) is 0 Å². The van der Waals surface area contributed by atoms with Crippen LogP contribution in [0.4, 0.5) is 0 Å². The zero-order chi connectivity index (χ0) is 14.7. The van der Waals surface area contributed by atoms with Gasteiger partial charge in [-0.1, -0.05) is 0 Å². The van der Waals surface area contributed by atoms with Gasteiger partial charge in [0.1, 0.15) is 13.2 Å². The number of hydrogen-bond donors (Lipinski definition) is 0. The lowest BCUT2D eigenvalue weighted by Crippen LogP contribution is -2.53. The lowest BCUT2D eigenvalue weighted by molar-refractivity contribution is -0.0707. The Labute approximate surface area is 129 Å². The number of morpholine rings is 1. The Morgan fingerprint density at radius 2 is 1.64 bits per heavy atom. The average molecular weight is 301 g/mol. The summed E-state index contributed by atoms with van der Waals surface area (Å²) in [5.74, 6) is 1.53. The zero-order valence-electron chi connectivity index (χ0n) is 12.4. The molecule has 0 spiro atoms. The van der Waals surface area contributed by atoms with E-state index >= 15 is 0 Å². The van der Waals surface area contributed by atoms with Gasteiger partial charge in [0, 0.05) is 5.56 Å². The number of amides is 1. The molecule has 4 heterocycles. The molecule has 0 saturated carbocycles. The molecule has 3 saturated heterocycles. The van der Waals surface area contributed by atoms with Crippen molar-refractivity contribution in [3.05, 3.63) is 23.8 Å². The van der Waals surface area contributed by atoms with E-state index in [9.17, 15) is 4.79 Å². The van der Waals surface area contributed by atoms with Gasteiger partial charge in [-0.05, 0) is 43.9 Å². The van der Waals surface area contributed by atoms with Crippen molar-refractivity contribution in [3.8, 4) is 11.5 Å². The van der Waals surface area contributed by atoms with Crippen molar-refractivity contribution in [2.24, 2.45) is 0 Å². The van der Waals surface area contributed by atoms with Crippen LogP contribution in [0.15, 0.2) is 18.2 Å². The molecule has 1 aromatic carbocycles. The first kappa shape index (κ1) is 12.8. The number of rotatable bonds is 1. The van der Waals surface area contributed by atoms with Crippen molar-refractivity contribution < 1.29 is 19.0 Å². The number of nitrogens with zero attached hydrogens (tertiary/aromatic N) is 1. The SMILES string of the molecule is O=C(c1ccc2c(c1)OCCO2)N1C2CCC1C1CCC2O1. The lowest BCUT2D eigenvalue weighted by Gasteiger charge is -2.39. The summed E-state index contributed by atoms with van der Waals surface area (Å²) in [6.45, 7) is 1.11. The van der Waals surface area contributed by atoms with E-state index in [1.165, 1.54) is 0 Å². The highest BCUT2D eigenvalue weighted by molar-refractivity contribution is 5.95. The van der Waals surface area contributed by atoms with Crippen LogP contribution in [0.2, 0.25) is 0 Å². The van der Waals surface area contributed by atoms with Crippen molar-refractivity contribution >= 4 is 5.91 Å². The van der Waals surface area contributed by atoms with Crippen molar-refractivity contribution in [2.45, 2.75) is 50.0 Å². The minimum atomic E-state index is 0.115. The maximum absolute atomic E-state index is 13.0. The molecule has 4 aliphatic heterocycles. The van der Waals surface area contributed by atoms with Crippen molar-refractivity contribution in [3.63, 3.8) is 0 Å². The molecule has 4 aliphatic rings. The summed E-state index contributed by atoms with van der Waals surface area (Å²) in [6.07, 6.45) is 4.81. The number of ether oxygens (including phenoxy) is 3. The maximum atomic E-state index is 13.0. The molecule has 0 aromatic heterocycles. The minimum Gasteiger partial charge on any atom is -0.486 e. The van der Waals surface area contributed by atoms with Crippen LogP contribution in [0, 0.1) is 0 Å². The summed E-state index contributed by atoms with van der Waals surface area (Å²) < 4.78 is 17.2. The van der Waals surface area contributed by atoms with Crippen LogP contribution in [0.3, 0.4) is 0 Å². The third kappa shape index (κ3) is 1.72. The fraction of sp³-hybridized carbons (Fsp3) is 0.588. The Bertz CT molecular complexity index is 613.